The van der Waals surface area contributed by atoms with Crippen molar-refractivity contribution in [2.45, 2.75) is 19.1 Å². The van der Waals surface area contributed by atoms with Gasteiger partial charge in [-0.3, -0.25) is 9.59 Å². The normalized spacial score (nSPS) is 12.9. The van der Waals surface area contributed by atoms with Gasteiger partial charge in [0, 0.05) is 22.7 Å². The number of halogens is 5. The topological polar surface area (TPSA) is 49.4 Å². The molecule has 0 bridgehead atoms. The van der Waals surface area contributed by atoms with E-state index in [0.29, 0.717) is 19.0 Å². The Morgan fingerprint density at radius 2 is 1.76 bits per heavy atom. The average molecular weight is 545 g/mol. The minimum absolute atomic E-state index is 0.0133. The number of rotatable bonds is 3. The number of benzene rings is 3. The Morgan fingerprint density at radius 3 is 2.51 bits per heavy atom. The molecule has 188 valence electrons. The van der Waals surface area contributed by atoms with Gasteiger partial charge in [-0.15, -0.1) is 11.3 Å². The van der Waals surface area contributed by atoms with E-state index in [2.05, 4.69) is 5.32 Å². The largest absolute Gasteiger partial charge is 0.417 e. The highest BCUT2D eigenvalue weighted by Crippen LogP contribution is 2.36. The summed E-state index contributed by atoms with van der Waals surface area (Å²) in [6.07, 6.45) is -4.23. The number of nitrogens with zero attached hydrogens (tertiary/aromatic N) is 1. The van der Waals surface area contributed by atoms with Gasteiger partial charge in [0.15, 0.2) is 0 Å². The van der Waals surface area contributed by atoms with Crippen LogP contribution >= 0.6 is 22.9 Å². The van der Waals surface area contributed by atoms with Crippen LogP contribution in [0.25, 0.3) is 0 Å². The summed E-state index contributed by atoms with van der Waals surface area (Å²) in [5, 5.41) is 4.21. The second-order valence-electron chi connectivity index (χ2n) is 8.37. The molecule has 3 aromatic carbocycles. The number of alkyl halides is 3. The second kappa shape index (κ2) is 9.64. The van der Waals surface area contributed by atoms with E-state index < -0.39 is 29.0 Å². The number of hydrogen-bond donors (Lipinski definition) is 1. The monoisotopic (exact) mass is 544 g/mol. The fourth-order valence-corrected chi connectivity index (χ4v) is 5.47. The van der Waals surface area contributed by atoms with Crippen LogP contribution in [0.5, 0.6) is 0 Å². The van der Waals surface area contributed by atoms with Gasteiger partial charge in [0.1, 0.15) is 5.82 Å². The molecule has 0 aliphatic carbocycles. The summed E-state index contributed by atoms with van der Waals surface area (Å²) < 4.78 is 54.1. The third-order valence-electron chi connectivity index (χ3n) is 6.05. The van der Waals surface area contributed by atoms with Crippen LogP contribution in [0.15, 0.2) is 72.1 Å². The second-order valence-corrected chi connectivity index (χ2v) is 9.78. The van der Waals surface area contributed by atoms with Crippen LogP contribution in [0.2, 0.25) is 5.02 Å². The van der Waals surface area contributed by atoms with Crippen molar-refractivity contribution in [2.24, 2.45) is 0 Å². The van der Waals surface area contributed by atoms with Gasteiger partial charge in [0.05, 0.1) is 28.3 Å². The first kappa shape index (κ1) is 25.0. The summed E-state index contributed by atoms with van der Waals surface area (Å²) in [5.74, 6) is -2.97. The van der Waals surface area contributed by atoms with E-state index in [1.54, 1.807) is 16.2 Å². The third-order valence-corrected chi connectivity index (χ3v) is 7.32. The molecule has 0 unspecified atom stereocenters. The van der Waals surface area contributed by atoms with E-state index in [1.165, 1.54) is 23.1 Å². The summed E-state index contributed by atoms with van der Waals surface area (Å²) in [6, 6.07) is 15.8. The Kier molecular flexibility index (Phi) is 6.51. The van der Waals surface area contributed by atoms with Crippen molar-refractivity contribution in [3.05, 3.63) is 116 Å². The Balaban J connectivity index is 1.44. The molecule has 0 spiro atoms. The SMILES string of the molecule is O=C(Nc1ccc(C(=O)N2Cc3ccsc3Cc3ccccc32)c(Cl)c1)c1c(F)cccc1C(F)(F)F. The molecule has 1 N–H and O–H groups in total. The van der Waals surface area contributed by atoms with E-state index in [9.17, 15) is 27.2 Å². The molecular formula is C27H17ClF4N2O2S. The maximum Gasteiger partial charge on any atom is 0.417 e. The molecule has 0 atom stereocenters. The van der Waals surface area contributed by atoms with E-state index in [-0.39, 0.29) is 22.2 Å². The van der Waals surface area contributed by atoms with Crippen molar-refractivity contribution in [3.8, 4) is 0 Å². The number of nitrogens with one attached hydrogen (secondary N) is 1. The smallest absolute Gasteiger partial charge is 0.322 e. The quantitative estimate of drug-likeness (QED) is 0.271. The fourth-order valence-electron chi connectivity index (χ4n) is 4.29. The molecule has 1 aliphatic heterocycles. The minimum atomic E-state index is -4.92. The van der Waals surface area contributed by atoms with Crippen molar-refractivity contribution in [2.75, 3.05) is 10.2 Å². The minimum Gasteiger partial charge on any atom is -0.322 e. The van der Waals surface area contributed by atoms with Crippen LogP contribution < -0.4 is 10.2 Å². The van der Waals surface area contributed by atoms with Crippen LogP contribution in [-0.2, 0) is 19.1 Å². The van der Waals surface area contributed by atoms with Crippen molar-refractivity contribution in [1.82, 2.24) is 0 Å². The molecule has 4 aromatic rings. The summed E-state index contributed by atoms with van der Waals surface area (Å²) in [5.41, 5.74) is 0.412. The Hall–Kier alpha value is -3.69. The number of para-hydroxylation sites is 1. The zero-order valence-electron chi connectivity index (χ0n) is 18.9. The van der Waals surface area contributed by atoms with Crippen LogP contribution in [0.1, 0.15) is 42.3 Å². The molecule has 1 aliphatic rings. The first-order valence-electron chi connectivity index (χ1n) is 11.0. The number of fused-ring (bicyclic) bond motifs is 2. The molecular weight excluding hydrogens is 528 g/mol. The van der Waals surface area contributed by atoms with Gasteiger partial charge >= 0.3 is 6.18 Å². The maximum atomic E-state index is 14.2. The Bertz CT molecular complexity index is 1530. The molecule has 0 saturated carbocycles. The predicted octanol–water partition coefficient (Wildman–Crippen LogP) is 7.56. The van der Waals surface area contributed by atoms with E-state index >= 15 is 0 Å². The lowest BCUT2D eigenvalue weighted by molar-refractivity contribution is -0.138. The van der Waals surface area contributed by atoms with Gasteiger partial charge in [0.2, 0.25) is 0 Å². The first-order valence-corrected chi connectivity index (χ1v) is 12.3. The average Bonchev–Trinajstić information content (AvgIpc) is 3.22. The van der Waals surface area contributed by atoms with Crippen LogP contribution in [0.3, 0.4) is 0 Å². The van der Waals surface area contributed by atoms with E-state index in [4.69, 9.17) is 11.6 Å². The summed E-state index contributed by atoms with van der Waals surface area (Å²) in [4.78, 5) is 29.0. The molecule has 37 heavy (non-hydrogen) atoms. The molecule has 2 amide bonds. The number of carbonyl (C=O) groups is 2. The lowest BCUT2D eigenvalue weighted by atomic mass is 10.1. The van der Waals surface area contributed by atoms with Gasteiger partial charge in [0.25, 0.3) is 11.8 Å². The zero-order valence-corrected chi connectivity index (χ0v) is 20.5. The maximum absolute atomic E-state index is 14.2. The van der Waals surface area contributed by atoms with Crippen molar-refractivity contribution in [1.29, 1.82) is 0 Å². The fraction of sp³-hybridized carbons (Fsp3) is 0.111. The van der Waals surface area contributed by atoms with Crippen molar-refractivity contribution < 1.29 is 27.2 Å². The number of carbonyl (C=O) groups excluding carboxylic acids is 2. The lowest BCUT2D eigenvalue weighted by Crippen LogP contribution is -2.30. The molecule has 0 saturated heterocycles. The molecule has 5 rings (SSSR count). The molecule has 2 heterocycles. The lowest BCUT2D eigenvalue weighted by Gasteiger charge is -2.24. The molecule has 10 heteroatoms. The number of thiophene rings is 1. The van der Waals surface area contributed by atoms with Crippen molar-refractivity contribution in [3.63, 3.8) is 0 Å². The molecule has 4 nitrogen and oxygen atoms in total. The summed E-state index contributed by atoms with van der Waals surface area (Å²) in [6.45, 7) is 0.344. The number of anilines is 2. The summed E-state index contributed by atoms with van der Waals surface area (Å²) >= 11 is 8.03. The highest BCUT2D eigenvalue weighted by Gasteiger charge is 2.37. The molecule has 0 radical (unpaired) electrons. The third kappa shape index (κ3) is 4.84. The number of amides is 2. The van der Waals surface area contributed by atoms with Gasteiger partial charge in [-0.25, -0.2) is 4.39 Å². The van der Waals surface area contributed by atoms with Crippen molar-refractivity contribution >= 4 is 46.1 Å². The van der Waals surface area contributed by atoms with E-state index in [1.807, 2.05) is 35.7 Å². The Morgan fingerprint density at radius 1 is 0.973 bits per heavy atom. The zero-order chi connectivity index (χ0) is 26.3. The molecule has 0 fully saturated rings. The van der Waals surface area contributed by atoms with Gasteiger partial charge in [-0.2, -0.15) is 13.2 Å². The van der Waals surface area contributed by atoms with Crippen LogP contribution in [-0.4, -0.2) is 11.8 Å². The molecule has 1 aromatic heterocycles. The number of hydrogen-bond acceptors (Lipinski definition) is 3. The standard InChI is InChI=1S/C27H17ClF4N2O2S/c28-20-13-17(33-25(35)24-19(27(30,31)32)5-3-6-21(24)29)8-9-18(20)26(36)34-14-16-10-11-37-23(16)12-15-4-1-2-7-22(15)34/h1-11,13H,12,14H2,(H,33,35). The van der Waals surface area contributed by atoms with Gasteiger partial charge in [-0.1, -0.05) is 35.9 Å². The first-order chi connectivity index (χ1) is 17.6. The highest BCUT2D eigenvalue weighted by atomic mass is 35.5. The highest BCUT2D eigenvalue weighted by molar-refractivity contribution is 7.10. The Labute approximate surface area is 218 Å². The predicted molar refractivity (Wildman–Crippen MR) is 135 cm³/mol. The van der Waals surface area contributed by atoms with E-state index in [0.717, 1.165) is 28.9 Å². The summed E-state index contributed by atoms with van der Waals surface area (Å²) in [7, 11) is 0. The van der Waals surface area contributed by atoms with Gasteiger partial charge in [-0.05, 0) is 59.0 Å². The van der Waals surface area contributed by atoms with Gasteiger partial charge < -0.3 is 10.2 Å². The van der Waals surface area contributed by atoms with Crippen LogP contribution in [0.4, 0.5) is 28.9 Å². The van der Waals surface area contributed by atoms with Crippen LogP contribution in [0, 0.1) is 5.82 Å².